The smallest absolute Gasteiger partial charge is 0.338 e. The van der Waals surface area contributed by atoms with Crippen molar-refractivity contribution in [3.05, 3.63) is 51.9 Å². The highest BCUT2D eigenvalue weighted by atomic mass is 32.2. The number of esters is 1. The molecule has 9 nitrogen and oxygen atoms in total. The van der Waals surface area contributed by atoms with Gasteiger partial charge in [0, 0.05) is 17.8 Å². The summed E-state index contributed by atoms with van der Waals surface area (Å²) in [6, 6.07) is 7.86. The minimum absolute atomic E-state index is 0.0142. The highest BCUT2D eigenvalue weighted by Crippen LogP contribution is 2.19. The van der Waals surface area contributed by atoms with Crippen LogP contribution >= 0.6 is 11.8 Å². The Labute approximate surface area is 177 Å². The Hall–Kier alpha value is -3.14. The van der Waals surface area contributed by atoms with E-state index in [1.807, 2.05) is 0 Å². The summed E-state index contributed by atoms with van der Waals surface area (Å²) in [7, 11) is 0. The van der Waals surface area contributed by atoms with E-state index in [-0.39, 0.29) is 47.4 Å². The van der Waals surface area contributed by atoms with Gasteiger partial charge in [0.1, 0.15) is 0 Å². The fourth-order valence-corrected chi connectivity index (χ4v) is 3.24. The maximum absolute atomic E-state index is 12.2. The van der Waals surface area contributed by atoms with Crippen LogP contribution in [-0.4, -0.2) is 46.2 Å². The number of aromatic amines is 1. The van der Waals surface area contributed by atoms with Crippen LogP contribution in [0, 0.1) is 0 Å². The molecule has 0 aliphatic heterocycles. The molecule has 1 aliphatic rings. The molecule has 0 atom stereocenters. The van der Waals surface area contributed by atoms with Gasteiger partial charge in [-0.2, -0.15) is 0 Å². The standard InChI is InChI=1S/C20H22N4O5S/c1-2-29-19(28)12-3-5-13(6-4-12)22-18(27)11-30-20-23-15(10-17(26)24-20)9-16(25)21-14-7-8-14/h3-6,10,14H,2,7-9,11H2,1H3,(H,21,25)(H,22,27)(H,23,24,26). The Morgan fingerprint density at radius 1 is 1.20 bits per heavy atom. The normalized spacial score (nSPS) is 12.8. The third kappa shape index (κ3) is 6.73. The van der Waals surface area contributed by atoms with Crippen LogP contribution in [0.5, 0.6) is 0 Å². The molecule has 10 heteroatoms. The van der Waals surface area contributed by atoms with E-state index in [9.17, 15) is 19.2 Å². The topological polar surface area (TPSA) is 130 Å². The van der Waals surface area contributed by atoms with Gasteiger partial charge < -0.3 is 20.4 Å². The van der Waals surface area contributed by atoms with Gasteiger partial charge >= 0.3 is 5.97 Å². The lowest BCUT2D eigenvalue weighted by Crippen LogP contribution is -2.28. The zero-order valence-corrected chi connectivity index (χ0v) is 17.2. The van der Waals surface area contributed by atoms with E-state index in [0.29, 0.717) is 16.9 Å². The Balaban J connectivity index is 1.52. The lowest BCUT2D eigenvalue weighted by Gasteiger charge is -2.07. The van der Waals surface area contributed by atoms with Gasteiger partial charge in [0.2, 0.25) is 11.8 Å². The summed E-state index contributed by atoms with van der Waals surface area (Å²) >= 11 is 1.06. The minimum atomic E-state index is -0.424. The second-order valence-corrected chi connectivity index (χ2v) is 7.66. The summed E-state index contributed by atoms with van der Waals surface area (Å²) in [6.07, 6.45) is 1.99. The van der Waals surface area contributed by atoms with Crippen molar-refractivity contribution in [2.45, 2.75) is 37.4 Å². The first-order valence-electron chi connectivity index (χ1n) is 9.52. The van der Waals surface area contributed by atoms with Crippen LogP contribution in [0.4, 0.5) is 5.69 Å². The molecule has 30 heavy (non-hydrogen) atoms. The van der Waals surface area contributed by atoms with Crippen molar-refractivity contribution in [3.8, 4) is 0 Å². The van der Waals surface area contributed by atoms with E-state index in [4.69, 9.17) is 4.74 Å². The molecule has 1 saturated carbocycles. The summed E-state index contributed by atoms with van der Waals surface area (Å²) < 4.78 is 4.91. The van der Waals surface area contributed by atoms with Crippen molar-refractivity contribution in [2.24, 2.45) is 0 Å². The van der Waals surface area contributed by atoms with Crippen LogP contribution in [0.15, 0.2) is 40.3 Å². The molecule has 0 unspecified atom stereocenters. The molecule has 3 rings (SSSR count). The molecule has 2 aromatic rings. The zero-order chi connectivity index (χ0) is 21.5. The van der Waals surface area contributed by atoms with Gasteiger partial charge in [-0.05, 0) is 44.0 Å². The number of nitrogens with zero attached hydrogens (tertiary/aromatic N) is 1. The highest BCUT2D eigenvalue weighted by molar-refractivity contribution is 7.99. The van der Waals surface area contributed by atoms with Gasteiger partial charge in [-0.3, -0.25) is 14.4 Å². The highest BCUT2D eigenvalue weighted by Gasteiger charge is 2.23. The lowest BCUT2D eigenvalue weighted by molar-refractivity contribution is -0.120. The Kier molecular flexibility index (Phi) is 7.23. The monoisotopic (exact) mass is 430 g/mol. The summed E-state index contributed by atoms with van der Waals surface area (Å²) in [5, 5.41) is 5.82. The summed E-state index contributed by atoms with van der Waals surface area (Å²) in [6.45, 7) is 2.02. The number of rotatable bonds is 9. The molecular formula is C20H22N4O5S. The molecule has 0 bridgehead atoms. The van der Waals surface area contributed by atoms with Crippen LogP contribution in [0.25, 0.3) is 0 Å². The van der Waals surface area contributed by atoms with Gasteiger partial charge in [0.15, 0.2) is 5.16 Å². The molecule has 1 aliphatic carbocycles. The molecular weight excluding hydrogens is 408 g/mol. The maximum atomic E-state index is 12.2. The van der Waals surface area contributed by atoms with E-state index in [1.54, 1.807) is 31.2 Å². The van der Waals surface area contributed by atoms with E-state index < -0.39 is 5.97 Å². The second-order valence-electron chi connectivity index (χ2n) is 6.70. The number of amides is 2. The number of benzene rings is 1. The van der Waals surface area contributed by atoms with Crippen LogP contribution < -0.4 is 16.2 Å². The lowest BCUT2D eigenvalue weighted by atomic mass is 10.2. The predicted molar refractivity (Wildman–Crippen MR) is 111 cm³/mol. The second kappa shape index (κ2) is 10.1. The number of thioether (sulfide) groups is 1. The van der Waals surface area contributed by atoms with Crippen molar-refractivity contribution in [3.63, 3.8) is 0 Å². The Bertz CT molecular complexity index is 985. The van der Waals surface area contributed by atoms with Gasteiger partial charge in [-0.1, -0.05) is 11.8 Å². The van der Waals surface area contributed by atoms with Crippen LogP contribution in [-0.2, 0) is 20.7 Å². The molecule has 2 amide bonds. The van der Waals surface area contributed by atoms with Gasteiger partial charge in [0.25, 0.3) is 5.56 Å². The fraction of sp³-hybridized carbons (Fsp3) is 0.350. The molecule has 0 spiro atoms. The third-order valence-electron chi connectivity index (χ3n) is 4.08. The number of nitrogens with one attached hydrogen (secondary N) is 3. The zero-order valence-electron chi connectivity index (χ0n) is 16.4. The first-order chi connectivity index (χ1) is 14.4. The van der Waals surface area contributed by atoms with E-state index in [2.05, 4.69) is 20.6 Å². The number of carbonyl (C=O) groups is 3. The molecule has 3 N–H and O–H groups in total. The average Bonchev–Trinajstić information content (AvgIpc) is 3.50. The van der Waals surface area contributed by atoms with Gasteiger partial charge in [-0.25, -0.2) is 9.78 Å². The molecule has 0 saturated heterocycles. The number of anilines is 1. The fourth-order valence-electron chi connectivity index (χ4n) is 2.55. The molecule has 1 heterocycles. The average molecular weight is 430 g/mol. The van der Waals surface area contributed by atoms with Crippen molar-refractivity contribution in [1.29, 1.82) is 0 Å². The first kappa shape index (κ1) is 21.6. The molecule has 1 aromatic carbocycles. The van der Waals surface area contributed by atoms with Crippen molar-refractivity contribution >= 4 is 35.2 Å². The predicted octanol–water partition coefficient (Wildman–Crippen LogP) is 1.50. The van der Waals surface area contributed by atoms with E-state index in [0.717, 1.165) is 24.6 Å². The van der Waals surface area contributed by atoms with Crippen LogP contribution in [0.2, 0.25) is 0 Å². The number of ether oxygens (including phenoxy) is 1. The molecule has 1 fully saturated rings. The third-order valence-corrected chi connectivity index (χ3v) is 4.95. The van der Waals surface area contributed by atoms with Crippen LogP contribution in [0.1, 0.15) is 35.8 Å². The van der Waals surface area contributed by atoms with Crippen LogP contribution in [0.3, 0.4) is 0 Å². The Morgan fingerprint density at radius 2 is 1.93 bits per heavy atom. The summed E-state index contributed by atoms with van der Waals surface area (Å²) in [4.78, 5) is 54.3. The SMILES string of the molecule is CCOC(=O)c1ccc(NC(=O)CSc2nc(CC(=O)NC3CC3)cc(=O)[nH]2)cc1. The van der Waals surface area contributed by atoms with Crippen molar-refractivity contribution in [1.82, 2.24) is 15.3 Å². The summed E-state index contributed by atoms with van der Waals surface area (Å²) in [5.41, 5.74) is 0.903. The molecule has 0 radical (unpaired) electrons. The van der Waals surface area contributed by atoms with E-state index in [1.165, 1.54) is 6.07 Å². The maximum Gasteiger partial charge on any atom is 0.338 e. The van der Waals surface area contributed by atoms with Crippen molar-refractivity contribution < 1.29 is 19.1 Å². The molecule has 158 valence electrons. The first-order valence-corrected chi connectivity index (χ1v) is 10.5. The molecule has 1 aromatic heterocycles. The largest absolute Gasteiger partial charge is 0.462 e. The number of H-pyrrole nitrogens is 1. The number of hydrogen-bond donors (Lipinski definition) is 3. The summed E-state index contributed by atoms with van der Waals surface area (Å²) in [5.74, 6) is -0.883. The van der Waals surface area contributed by atoms with Crippen molar-refractivity contribution in [2.75, 3.05) is 17.7 Å². The Morgan fingerprint density at radius 3 is 2.60 bits per heavy atom. The van der Waals surface area contributed by atoms with Gasteiger partial charge in [0.05, 0.1) is 30.0 Å². The quantitative estimate of drug-likeness (QED) is 0.312. The number of aromatic nitrogens is 2. The minimum Gasteiger partial charge on any atom is -0.462 e. The van der Waals surface area contributed by atoms with E-state index >= 15 is 0 Å². The number of carbonyl (C=O) groups excluding carboxylic acids is 3. The van der Waals surface area contributed by atoms with Gasteiger partial charge in [-0.15, -0.1) is 0 Å². The number of hydrogen-bond acceptors (Lipinski definition) is 7.